The molecule has 1 aromatic heterocycles. The SMILES string of the molecule is NC(=O)c1cc(Oc2ccc(NC(=O)O)cc2F)ccn1. The standard InChI is InChI=1S/C13H10FN3O4/c14-9-5-7(17-13(19)20)1-2-11(9)21-8-3-4-16-10(6-8)12(15)18/h1-6,17H,(H2,15,18)(H,19,20). The second-order valence-corrected chi connectivity index (χ2v) is 3.92. The molecule has 0 unspecified atom stereocenters. The molecule has 0 saturated carbocycles. The number of nitrogens with one attached hydrogen (secondary N) is 1. The number of carboxylic acid groups (broad SMARTS) is 1. The number of benzene rings is 1. The van der Waals surface area contributed by atoms with Gasteiger partial charge in [-0.15, -0.1) is 0 Å². The fourth-order valence-corrected chi connectivity index (χ4v) is 1.52. The van der Waals surface area contributed by atoms with Crippen LogP contribution in [0.2, 0.25) is 0 Å². The summed E-state index contributed by atoms with van der Waals surface area (Å²) in [5.41, 5.74) is 5.13. The zero-order chi connectivity index (χ0) is 15.4. The zero-order valence-electron chi connectivity index (χ0n) is 10.5. The second kappa shape index (κ2) is 5.87. The molecule has 0 fully saturated rings. The van der Waals surface area contributed by atoms with E-state index in [-0.39, 0.29) is 22.9 Å². The minimum Gasteiger partial charge on any atom is -0.465 e. The van der Waals surface area contributed by atoms with Crippen molar-refractivity contribution in [1.82, 2.24) is 4.98 Å². The van der Waals surface area contributed by atoms with Gasteiger partial charge in [-0.2, -0.15) is 0 Å². The van der Waals surface area contributed by atoms with Crippen molar-refractivity contribution in [2.45, 2.75) is 0 Å². The number of carbonyl (C=O) groups excluding carboxylic acids is 1. The number of ether oxygens (including phenoxy) is 1. The molecule has 1 heterocycles. The molecule has 2 amide bonds. The maximum atomic E-state index is 13.8. The Kier molecular flexibility index (Phi) is 3.98. The first-order valence-electron chi connectivity index (χ1n) is 5.69. The number of aromatic nitrogens is 1. The number of carbonyl (C=O) groups is 2. The Morgan fingerprint density at radius 3 is 2.67 bits per heavy atom. The average Bonchev–Trinajstić information content (AvgIpc) is 2.41. The first-order chi connectivity index (χ1) is 9.95. The number of hydrogen-bond donors (Lipinski definition) is 3. The summed E-state index contributed by atoms with van der Waals surface area (Å²) in [5.74, 6) is -1.45. The molecule has 7 nitrogen and oxygen atoms in total. The van der Waals surface area contributed by atoms with Crippen molar-refractivity contribution in [2.24, 2.45) is 5.73 Å². The van der Waals surface area contributed by atoms with E-state index in [4.69, 9.17) is 15.6 Å². The minimum atomic E-state index is -1.30. The lowest BCUT2D eigenvalue weighted by Crippen LogP contribution is -2.12. The van der Waals surface area contributed by atoms with Gasteiger partial charge in [-0.05, 0) is 18.2 Å². The maximum absolute atomic E-state index is 13.8. The van der Waals surface area contributed by atoms with E-state index in [1.807, 2.05) is 5.32 Å². The van der Waals surface area contributed by atoms with Crippen LogP contribution in [0.4, 0.5) is 14.9 Å². The molecule has 0 aliphatic heterocycles. The van der Waals surface area contributed by atoms with Gasteiger partial charge in [0, 0.05) is 24.0 Å². The summed E-state index contributed by atoms with van der Waals surface area (Å²) in [5, 5.41) is 10.5. The molecule has 21 heavy (non-hydrogen) atoms. The molecule has 0 bridgehead atoms. The molecular weight excluding hydrogens is 281 g/mol. The number of nitrogens with two attached hydrogens (primary N) is 1. The Balaban J connectivity index is 2.21. The number of halogens is 1. The average molecular weight is 291 g/mol. The van der Waals surface area contributed by atoms with Gasteiger partial charge in [0.15, 0.2) is 11.6 Å². The van der Waals surface area contributed by atoms with Crippen LogP contribution < -0.4 is 15.8 Å². The van der Waals surface area contributed by atoms with Gasteiger partial charge in [-0.25, -0.2) is 9.18 Å². The number of amides is 2. The van der Waals surface area contributed by atoms with Crippen LogP contribution in [0.1, 0.15) is 10.5 Å². The molecule has 0 aliphatic rings. The molecule has 8 heteroatoms. The highest BCUT2D eigenvalue weighted by Crippen LogP contribution is 2.26. The number of nitrogens with zero attached hydrogens (tertiary/aromatic N) is 1. The number of primary amides is 1. The molecular formula is C13H10FN3O4. The number of hydrogen-bond acceptors (Lipinski definition) is 4. The van der Waals surface area contributed by atoms with Gasteiger partial charge in [-0.3, -0.25) is 15.1 Å². The van der Waals surface area contributed by atoms with E-state index in [9.17, 15) is 14.0 Å². The minimum absolute atomic E-state index is 0.0166. The quantitative estimate of drug-likeness (QED) is 0.798. The molecule has 0 saturated heterocycles. The Morgan fingerprint density at radius 1 is 1.29 bits per heavy atom. The molecule has 4 N–H and O–H groups in total. The Labute approximate surface area is 118 Å². The topological polar surface area (TPSA) is 115 Å². The highest BCUT2D eigenvalue weighted by Gasteiger charge is 2.09. The van der Waals surface area contributed by atoms with Gasteiger partial charge < -0.3 is 15.6 Å². The van der Waals surface area contributed by atoms with Crippen LogP contribution in [-0.2, 0) is 0 Å². The fourth-order valence-electron chi connectivity index (χ4n) is 1.52. The smallest absolute Gasteiger partial charge is 0.409 e. The van der Waals surface area contributed by atoms with Crippen molar-refractivity contribution in [3.05, 3.63) is 48.0 Å². The Hall–Kier alpha value is -3.16. The number of anilines is 1. The van der Waals surface area contributed by atoms with Gasteiger partial charge in [0.1, 0.15) is 11.4 Å². The zero-order valence-corrected chi connectivity index (χ0v) is 10.5. The maximum Gasteiger partial charge on any atom is 0.409 e. The third kappa shape index (κ3) is 3.66. The van der Waals surface area contributed by atoms with Crippen LogP contribution in [0.3, 0.4) is 0 Å². The summed E-state index contributed by atoms with van der Waals surface area (Å²) in [7, 11) is 0. The molecule has 2 aromatic rings. The summed E-state index contributed by atoms with van der Waals surface area (Å²) < 4.78 is 19.0. The molecule has 108 valence electrons. The van der Waals surface area contributed by atoms with E-state index >= 15 is 0 Å². The van der Waals surface area contributed by atoms with Gasteiger partial charge >= 0.3 is 6.09 Å². The highest BCUT2D eigenvalue weighted by atomic mass is 19.1. The van der Waals surface area contributed by atoms with Gasteiger partial charge in [0.05, 0.1) is 0 Å². The first kappa shape index (κ1) is 14.3. The van der Waals surface area contributed by atoms with Crippen LogP contribution in [-0.4, -0.2) is 22.1 Å². The summed E-state index contributed by atoms with van der Waals surface area (Å²) >= 11 is 0. The summed E-state index contributed by atoms with van der Waals surface area (Å²) in [6.45, 7) is 0. The van der Waals surface area contributed by atoms with Crippen LogP contribution >= 0.6 is 0 Å². The van der Waals surface area contributed by atoms with Crippen molar-refractivity contribution >= 4 is 17.7 Å². The first-order valence-corrected chi connectivity index (χ1v) is 5.69. The third-order valence-electron chi connectivity index (χ3n) is 2.39. The normalized spacial score (nSPS) is 9.95. The highest BCUT2D eigenvalue weighted by molar-refractivity contribution is 5.91. The second-order valence-electron chi connectivity index (χ2n) is 3.92. The van der Waals surface area contributed by atoms with E-state index in [1.54, 1.807) is 0 Å². The lowest BCUT2D eigenvalue weighted by Gasteiger charge is -2.08. The van der Waals surface area contributed by atoms with Crippen LogP contribution in [0.5, 0.6) is 11.5 Å². The summed E-state index contributed by atoms with van der Waals surface area (Å²) in [6, 6.07) is 6.26. The molecule has 2 rings (SSSR count). The molecule has 1 aromatic carbocycles. The van der Waals surface area contributed by atoms with Crippen molar-refractivity contribution in [3.63, 3.8) is 0 Å². The summed E-state index contributed by atoms with van der Waals surface area (Å²) in [4.78, 5) is 25.2. The van der Waals surface area contributed by atoms with Gasteiger partial charge in [-0.1, -0.05) is 0 Å². The van der Waals surface area contributed by atoms with Crippen LogP contribution in [0.15, 0.2) is 36.5 Å². The van der Waals surface area contributed by atoms with E-state index in [2.05, 4.69) is 4.98 Å². The number of rotatable bonds is 4. The van der Waals surface area contributed by atoms with Gasteiger partial charge in [0.2, 0.25) is 0 Å². The van der Waals surface area contributed by atoms with Crippen molar-refractivity contribution in [1.29, 1.82) is 0 Å². The lowest BCUT2D eigenvalue weighted by atomic mass is 10.3. The van der Waals surface area contributed by atoms with Crippen molar-refractivity contribution in [2.75, 3.05) is 5.32 Å². The molecule has 0 atom stereocenters. The molecule has 0 spiro atoms. The molecule has 0 aliphatic carbocycles. The third-order valence-corrected chi connectivity index (χ3v) is 2.39. The monoisotopic (exact) mass is 291 g/mol. The van der Waals surface area contributed by atoms with Crippen LogP contribution in [0.25, 0.3) is 0 Å². The largest absolute Gasteiger partial charge is 0.465 e. The van der Waals surface area contributed by atoms with Crippen molar-refractivity contribution < 1.29 is 23.8 Å². The van der Waals surface area contributed by atoms with E-state index in [0.717, 1.165) is 6.07 Å². The number of pyridine rings is 1. The van der Waals surface area contributed by atoms with Gasteiger partial charge in [0.25, 0.3) is 5.91 Å². The molecule has 0 radical (unpaired) electrons. The van der Waals surface area contributed by atoms with Crippen LogP contribution in [0, 0.1) is 5.82 Å². The predicted molar refractivity (Wildman–Crippen MR) is 70.9 cm³/mol. The van der Waals surface area contributed by atoms with E-state index in [0.29, 0.717) is 0 Å². The van der Waals surface area contributed by atoms with E-state index < -0.39 is 17.8 Å². The Bertz CT molecular complexity index is 706. The van der Waals surface area contributed by atoms with E-state index in [1.165, 1.54) is 30.5 Å². The lowest BCUT2D eigenvalue weighted by molar-refractivity contribution is 0.0995. The summed E-state index contributed by atoms with van der Waals surface area (Å²) in [6.07, 6.45) is -0.00321. The van der Waals surface area contributed by atoms with Crippen molar-refractivity contribution in [3.8, 4) is 11.5 Å². The predicted octanol–water partition coefficient (Wildman–Crippen LogP) is 2.20. The Morgan fingerprint density at radius 2 is 2.05 bits per heavy atom. The fraction of sp³-hybridized carbons (Fsp3) is 0.